The number of phenols is 1. The molecule has 2 unspecified atom stereocenters. The molecule has 38 heavy (non-hydrogen) atoms. The number of phenolic OH excluding ortho intramolecular Hbond substituents is 1. The van der Waals surface area contributed by atoms with E-state index in [4.69, 9.17) is 26.3 Å². The summed E-state index contributed by atoms with van der Waals surface area (Å²) >= 11 is 6.72. The van der Waals surface area contributed by atoms with Crippen LogP contribution in [-0.2, 0) is 13.0 Å². The first kappa shape index (κ1) is 24.2. The van der Waals surface area contributed by atoms with Crippen molar-refractivity contribution in [3.63, 3.8) is 0 Å². The van der Waals surface area contributed by atoms with E-state index in [0.717, 1.165) is 67.0 Å². The van der Waals surface area contributed by atoms with Gasteiger partial charge in [0.1, 0.15) is 23.2 Å². The molecular weight excluding hydrogens is 500 g/mol. The molecule has 3 atom stereocenters. The number of hydrogen-bond acceptors (Lipinski definition) is 8. The summed E-state index contributed by atoms with van der Waals surface area (Å²) in [6.07, 6.45) is 5.62. The molecule has 7 rings (SSSR count). The molecule has 0 aliphatic carbocycles. The van der Waals surface area contributed by atoms with E-state index in [1.807, 2.05) is 18.2 Å². The van der Waals surface area contributed by atoms with E-state index < -0.39 is 0 Å². The summed E-state index contributed by atoms with van der Waals surface area (Å²) in [7, 11) is 2.16. The monoisotopic (exact) mass is 534 g/mol. The van der Waals surface area contributed by atoms with Gasteiger partial charge < -0.3 is 29.9 Å². The first-order chi connectivity index (χ1) is 18.5. The van der Waals surface area contributed by atoms with Gasteiger partial charge in [-0.05, 0) is 57.1 Å². The topological polar surface area (TPSA) is 77.0 Å². The fraction of sp³-hybridized carbons (Fsp3) is 0.517. The molecule has 3 fully saturated rings. The summed E-state index contributed by atoms with van der Waals surface area (Å²) in [6, 6.07) is 11.7. The number of anilines is 2. The average molecular weight is 535 g/mol. The van der Waals surface area contributed by atoms with E-state index in [9.17, 15) is 5.11 Å². The number of fused-ring (bicyclic) bond motifs is 4. The number of benzene rings is 2. The van der Waals surface area contributed by atoms with Gasteiger partial charge in [0.15, 0.2) is 0 Å². The van der Waals surface area contributed by atoms with Crippen LogP contribution in [0.15, 0.2) is 30.3 Å². The number of piperazine rings is 1. The zero-order valence-electron chi connectivity index (χ0n) is 21.9. The fourth-order valence-corrected chi connectivity index (χ4v) is 7.11. The molecule has 0 spiro atoms. The smallest absolute Gasteiger partial charge is 0.318 e. The van der Waals surface area contributed by atoms with Gasteiger partial charge in [0.05, 0.1) is 17.9 Å². The van der Waals surface area contributed by atoms with Crippen LogP contribution in [0.3, 0.4) is 0 Å². The van der Waals surface area contributed by atoms with Crippen LogP contribution in [-0.4, -0.2) is 77.9 Å². The Labute approximate surface area is 228 Å². The number of likely N-dealkylation sites (N-methyl/N-ethyl adjacent to an activating group) is 1. The van der Waals surface area contributed by atoms with Gasteiger partial charge >= 0.3 is 6.01 Å². The molecule has 3 aromatic rings. The fourth-order valence-electron chi connectivity index (χ4n) is 6.83. The van der Waals surface area contributed by atoms with Crippen molar-refractivity contribution < 1.29 is 9.84 Å². The van der Waals surface area contributed by atoms with Gasteiger partial charge in [-0.2, -0.15) is 9.97 Å². The van der Waals surface area contributed by atoms with E-state index in [1.54, 1.807) is 6.07 Å². The molecule has 2 N–H and O–H groups in total. The summed E-state index contributed by atoms with van der Waals surface area (Å²) in [5.74, 6) is 1.14. The molecule has 0 saturated carbocycles. The molecule has 4 aliphatic heterocycles. The number of nitrogens with zero attached hydrogens (tertiary/aromatic N) is 5. The predicted molar refractivity (Wildman–Crippen MR) is 151 cm³/mol. The summed E-state index contributed by atoms with van der Waals surface area (Å²) in [4.78, 5) is 17.1. The van der Waals surface area contributed by atoms with Gasteiger partial charge in [-0.15, -0.1) is 0 Å². The zero-order valence-corrected chi connectivity index (χ0v) is 22.6. The second-order valence-corrected chi connectivity index (χ2v) is 11.7. The van der Waals surface area contributed by atoms with E-state index in [0.29, 0.717) is 42.3 Å². The molecule has 3 saturated heterocycles. The van der Waals surface area contributed by atoms with Gasteiger partial charge in [0.2, 0.25) is 0 Å². The SMILES string of the molecule is CN1CCC[C@H]1COc1nc2c(c(N3CC4CCC(C3)N4)n1)CCN(c1c(Cl)c(O)cc3ccccc13)C2. The third kappa shape index (κ3) is 4.32. The van der Waals surface area contributed by atoms with Gasteiger partial charge in [0.25, 0.3) is 0 Å². The molecule has 9 heteroatoms. The lowest BCUT2D eigenvalue weighted by Crippen LogP contribution is -2.52. The predicted octanol–water partition coefficient (Wildman–Crippen LogP) is 3.97. The maximum absolute atomic E-state index is 10.6. The summed E-state index contributed by atoms with van der Waals surface area (Å²) < 4.78 is 6.29. The van der Waals surface area contributed by atoms with Crippen molar-refractivity contribution in [3.8, 4) is 11.8 Å². The number of aromatic nitrogens is 2. The lowest BCUT2D eigenvalue weighted by atomic mass is 10.0. The Hall–Kier alpha value is -2.81. The molecule has 200 valence electrons. The lowest BCUT2D eigenvalue weighted by molar-refractivity contribution is 0.187. The number of ether oxygens (including phenoxy) is 1. The summed E-state index contributed by atoms with van der Waals surface area (Å²) in [5, 5.41) is 16.7. The summed E-state index contributed by atoms with van der Waals surface area (Å²) in [5.41, 5.74) is 3.07. The Morgan fingerprint density at radius 1 is 1.08 bits per heavy atom. The molecule has 2 aromatic carbocycles. The Kier molecular flexibility index (Phi) is 6.21. The Morgan fingerprint density at radius 2 is 1.89 bits per heavy atom. The van der Waals surface area contributed by atoms with Gasteiger partial charge in [0, 0.05) is 48.7 Å². The third-order valence-corrected chi connectivity index (χ3v) is 9.24. The van der Waals surface area contributed by atoms with Crippen molar-refractivity contribution in [2.45, 2.75) is 56.8 Å². The van der Waals surface area contributed by atoms with Gasteiger partial charge in [-0.3, -0.25) is 0 Å². The highest BCUT2D eigenvalue weighted by atomic mass is 35.5. The van der Waals surface area contributed by atoms with Crippen LogP contribution in [0.1, 0.15) is 36.9 Å². The van der Waals surface area contributed by atoms with Crippen molar-refractivity contribution >= 4 is 33.9 Å². The quantitative estimate of drug-likeness (QED) is 0.509. The van der Waals surface area contributed by atoms with Crippen molar-refractivity contribution in [2.24, 2.45) is 0 Å². The van der Waals surface area contributed by atoms with Crippen LogP contribution in [0.2, 0.25) is 5.02 Å². The van der Waals surface area contributed by atoms with Crippen LogP contribution >= 0.6 is 11.6 Å². The molecule has 0 amide bonds. The van der Waals surface area contributed by atoms with Crippen LogP contribution < -0.4 is 19.9 Å². The van der Waals surface area contributed by atoms with E-state index in [1.165, 1.54) is 24.8 Å². The second-order valence-electron chi connectivity index (χ2n) is 11.3. The highest BCUT2D eigenvalue weighted by Gasteiger charge is 2.36. The number of halogens is 1. The van der Waals surface area contributed by atoms with Gasteiger partial charge in [-0.1, -0.05) is 35.9 Å². The third-order valence-electron chi connectivity index (χ3n) is 8.87. The Bertz CT molecular complexity index is 1360. The Balaban J connectivity index is 1.25. The van der Waals surface area contributed by atoms with Crippen molar-refractivity contribution in [1.29, 1.82) is 0 Å². The molecular formula is C29H35ClN6O2. The normalized spacial score (nSPS) is 25.3. The van der Waals surface area contributed by atoms with Crippen molar-refractivity contribution in [3.05, 3.63) is 46.6 Å². The first-order valence-corrected chi connectivity index (χ1v) is 14.3. The number of likely N-dealkylation sites (tertiary alicyclic amines) is 1. The molecule has 8 nitrogen and oxygen atoms in total. The minimum atomic E-state index is 0.107. The second kappa shape index (κ2) is 9.74. The standard InChI is InChI=1S/C29H35ClN6O2/c1-34-11-4-6-21(34)17-38-29-32-24-16-35(27-22-7-3-2-5-18(22)13-25(37)26(27)30)12-10-23(24)28(33-29)36-14-19-8-9-20(15-36)31-19/h2-3,5,7,13,19-21,31,37H,4,6,8-12,14-17H2,1H3/t19?,20?,21-/m0/s1. The first-order valence-electron chi connectivity index (χ1n) is 13.9. The van der Waals surface area contributed by atoms with Crippen LogP contribution in [0.5, 0.6) is 11.8 Å². The van der Waals surface area contributed by atoms with E-state index in [-0.39, 0.29) is 5.75 Å². The molecule has 5 heterocycles. The molecule has 4 aliphatic rings. The van der Waals surface area contributed by atoms with Crippen LogP contribution in [0, 0.1) is 0 Å². The van der Waals surface area contributed by atoms with Crippen molar-refractivity contribution in [2.75, 3.05) is 49.6 Å². The van der Waals surface area contributed by atoms with Gasteiger partial charge in [-0.25, -0.2) is 0 Å². The highest BCUT2D eigenvalue weighted by molar-refractivity contribution is 6.36. The largest absolute Gasteiger partial charge is 0.506 e. The Morgan fingerprint density at radius 3 is 2.68 bits per heavy atom. The van der Waals surface area contributed by atoms with E-state index in [2.05, 4.69) is 33.1 Å². The van der Waals surface area contributed by atoms with Crippen LogP contribution in [0.25, 0.3) is 10.8 Å². The molecule has 0 radical (unpaired) electrons. The molecule has 2 bridgehead atoms. The number of nitrogens with one attached hydrogen (secondary N) is 1. The van der Waals surface area contributed by atoms with Crippen LogP contribution in [0.4, 0.5) is 11.5 Å². The van der Waals surface area contributed by atoms with E-state index >= 15 is 0 Å². The maximum Gasteiger partial charge on any atom is 0.318 e. The van der Waals surface area contributed by atoms with Crippen molar-refractivity contribution in [1.82, 2.24) is 20.2 Å². The zero-order chi connectivity index (χ0) is 25.8. The number of aromatic hydroxyl groups is 1. The minimum absolute atomic E-state index is 0.107. The minimum Gasteiger partial charge on any atom is -0.506 e. The number of rotatable bonds is 5. The number of hydrogen-bond donors (Lipinski definition) is 2. The highest BCUT2D eigenvalue weighted by Crippen LogP contribution is 2.43. The maximum atomic E-state index is 10.6. The summed E-state index contributed by atoms with van der Waals surface area (Å²) in [6.45, 7) is 5.03. The lowest BCUT2D eigenvalue weighted by Gasteiger charge is -2.38. The molecule has 1 aromatic heterocycles. The average Bonchev–Trinajstić information content (AvgIpc) is 3.50.